The molecule has 1 aromatic heterocycles. The Labute approximate surface area is 110 Å². The minimum Gasteiger partial charge on any atom is -0.490 e. The lowest BCUT2D eigenvalue weighted by molar-refractivity contribution is 0.112. The molecule has 5 nitrogen and oxygen atoms in total. The molecule has 2 heterocycles. The van der Waals surface area contributed by atoms with Crippen LogP contribution in [0, 0.1) is 0 Å². The maximum Gasteiger partial charge on any atom is 0.161 e. The van der Waals surface area contributed by atoms with Crippen molar-refractivity contribution in [3.8, 4) is 22.8 Å². The molecule has 1 aromatic carbocycles. The maximum atomic E-state index is 11.0. The molecule has 0 unspecified atom stereocenters. The van der Waals surface area contributed by atoms with Crippen LogP contribution in [0.3, 0.4) is 0 Å². The summed E-state index contributed by atoms with van der Waals surface area (Å²) in [4.78, 5) is 11.0. The summed E-state index contributed by atoms with van der Waals surface area (Å²) in [5.74, 6) is 1.46. The van der Waals surface area contributed by atoms with Crippen molar-refractivity contribution in [2.75, 3.05) is 13.2 Å². The number of hydrogen-bond donors (Lipinski definition) is 0. The van der Waals surface area contributed by atoms with E-state index in [9.17, 15) is 4.79 Å². The van der Waals surface area contributed by atoms with Crippen LogP contribution in [0.4, 0.5) is 0 Å². The molecule has 19 heavy (non-hydrogen) atoms. The molecule has 0 radical (unpaired) electrons. The Hall–Kier alpha value is -2.30. The van der Waals surface area contributed by atoms with Gasteiger partial charge in [-0.25, -0.2) is 0 Å². The van der Waals surface area contributed by atoms with Crippen LogP contribution < -0.4 is 9.47 Å². The Kier molecular flexibility index (Phi) is 2.95. The Bertz CT molecular complexity index is 619. The highest BCUT2D eigenvalue weighted by atomic mass is 16.5. The fourth-order valence-corrected chi connectivity index (χ4v) is 2.20. The van der Waals surface area contributed by atoms with Gasteiger partial charge in [0.25, 0.3) is 0 Å². The van der Waals surface area contributed by atoms with E-state index < -0.39 is 0 Å². The van der Waals surface area contributed by atoms with Crippen molar-refractivity contribution in [1.29, 1.82) is 0 Å². The van der Waals surface area contributed by atoms with Gasteiger partial charge in [-0.3, -0.25) is 9.48 Å². The number of hydrogen-bond acceptors (Lipinski definition) is 4. The van der Waals surface area contributed by atoms with Gasteiger partial charge in [-0.15, -0.1) is 0 Å². The van der Waals surface area contributed by atoms with Crippen molar-refractivity contribution >= 4 is 6.29 Å². The third kappa shape index (κ3) is 2.07. The van der Waals surface area contributed by atoms with E-state index in [0.717, 1.165) is 29.7 Å². The highest BCUT2D eigenvalue weighted by Crippen LogP contribution is 2.34. The Morgan fingerprint density at radius 1 is 1.26 bits per heavy atom. The van der Waals surface area contributed by atoms with Crippen molar-refractivity contribution in [2.24, 2.45) is 7.05 Å². The van der Waals surface area contributed by atoms with Crippen LogP contribution in [-0.2, 0) is 7.05 Å². The van der Waals surface area contributed by atoms with Crippen LogP contribution in [0.5, 0.6) is 11.5 Å². The second-order valence-electron chi connectivity index (χ2n) is 4.40. The molecular weight excluding hydrogens is 244 g/mol. The third-order valence-electron chi connectivity index (χ3n) is 3.11. The summed E-state index contributed by atoms with van der Waals surface area (Å²) in [6.07, 6.45) is 3.24. The van der Waals surface area contributed by atoms with Gasteiger partial charge < -0.3 is 9.47 Å². The number of ether oxygens (including phenoxy) is 2. The molecular formula is C14H14N2O3. The predicted molar refractivity (Wildman–Crippen MR) is 69.6 cm³/mol. The molecule has 0 N–H and O–H groups in total. The van der Waals surface area contributed by atoms with E-state index in [4.69, 9.17) is 9.47 Å². The van der Waals surface area contributed by atoms with E-state index in [2.05, 4.69) is 5.10 Å². The molecule has 0 spiro atoms. The number of carbonyl (C=O) groups excluding carboxylic acids is 1. The van der Waals surface area contributed by atoms with Crippen molar-refractivity contribution in [2.45, 2.75) is 6.42 Å². The normalized spacial score (nSPS) is 13.9. The summed E-state index contributed by atoms with van der Waals surface area (Å²) in [5.41, 5.74) is 2.24. The largest absolute Gasteiger partial charge is 0.490 e. The van der Waals surface area contributed by atoms with E-state index in [1.165, 1.54) is 0 Å². The summed E-state index contributed by atoms with van der Waals surface area (Å²) < 4.78 is 12.9. The van der Waals surface area contributed by atoms with Crippen LogP contribution in [0.2, 0.25) is 0 Å². The number of aromatic nitrogens is 2. The van der Waals surface area contributed by atoms with Crippen molar-refractivity contribution in [3.05, 3.63) is 30.0 Å². The molecule has 1 aliphatic heterocycles. The van der Waals surface area contributed by atoms with Gasteiger partial charge in [0.1, 0.15) is 0 Å². The van der Waals surface area contributed by atoms with Gasteiger partial charge in [0, 0.05) is 19.0 Å². The smallest absolute Gasteiger partial charge is 0.161 e. The summed E-state index contributed by atoms with van der Waals surface area (Å²) in [7, 11) is 1.81. The van der Waals surface area contributed by atoms with E-state index >= 15 is 0 Å². The van der Waals surface area contributed by atoms with Crippen molar-refractivity contribution < 1.29 is 14.3 Å². The molecule has 0 amide bonds. The molecule has 0 saturated heterocycles. The molecule has 0 fully saturated rings. The molecule has 1 aliphatic rings. The van der Waals surface area contributed by atoms with Gasteiger partial charge >= 0.3 is 0 Å². The van der Waals surface area contributed by atoms with E-state index in [1.807, 2.05) is 25.2 Å². The molecule has 2 aromatic rings. The van der Waals surface area contributed by atoms with Crippen LogP contribution in [0.25, 0.3) is 11.3 Å². The first kappa shape index (κ1) is 11.8. The topological polar surface area (TPSA) is 53.4 Å². The number of nitrogens with zero attached hydrogens (tertiary/aromatic N) is 2. The number of rotatable bonds is 2. The minimum absolute atomic E-state index is 0.567. The first-order valence-electron chi connectivity index (χ1n) is 6.17. The fraction of sp³-hybridized carbons (Fsp3) is 0.286. The van der Waals surface area contributed by atoms with Crippen molar-refractivity contribution in [3.63, 3.8) is 0 Å². The number of aldehydes is 1. The van der Waals surface area contributed by atoms with E-state index in [0.29, 0.717) is 24.5 Å². The zero-order chi connectivity index (χ0) is 13.2. The Morgan fingerprint density at radius 3 is 2.84 bits per heavy atom. The summed E-state index contributed by atoms with van der Waals surface area (Å²) in [5, 5.41) is 4.11. The zero-order valence-electron chi connectivity index (χ0n) is 10.6. The van der Waals surface area contributed by atoms with Gasteiger partial charge in [0.05, 0.1) is 30.7 Å². The third-order valence-corrected chi connectivity index (χ3v) is 3.11. The highest BCUT2D eigenvalue weighted by molar-refractivity contribution is 5.86. The predicted octanol–water partition coefficient (Wildman–Crippen LogP) is 2.06. The molecule has 5 heteroatoms. The van der Waals surface area contributed by atoms with Gasteiger partial charge in [0.2, 0.25) is 0 Å². The van der Waals surface area contributed by atoms with Crippen LogP contribution in [0.1, 0.15) is 16.8 Å². The number of carbonyl (C=O) groups is 1. The number of fused-ring (bicyclic) bond motifs is 1. The first-order chi connectivity index (χ1) is 9.29. The van der Waals surface area contributed by atoms with Crippen LogP contribution >= 0.6 is 0 Å². The standard InChI is InChI=1S/C14H14N2O3/c1-16-14(11(9-17)8-15-16)10-3-4-12-13(7-10)19-6-2-5-18-12/h3-4,7-9H,2,5-6H2,1H3. The van der Waals surface area contributed by atoms with Gasteiger partial charge in [-0.2, -0.15) is 5.10 Å². The van der Waals surface area contributed by atoms with Gasteiger partial charge in [-0.1, -0.05) is 0 Å². The van der Waals surface area contributed by atoms with E-state index in [-0.39, 0.29) is 0 Å². The summed E-state index contributed by atoms with van der Waals surface area (Å²) in [6, 6.07) is 5.68. The fourth-order valence-electron chi connectivity index (χ4n) is 2.20. The molecule has 0 saturated carbocycles. The Balaban J connectivity index is 2.08. The summed E-state index contributed by atoms with van der Waals surface area (Å²) >= 11 is 0. The average Bonchev–Trinajstić information content (AvgIpc) is 2.66. The second kappa shape index (κ2) is 4.76. The monoisotopic (exact) mass is 258 g/mol. The molecule has 3 rings (SSSR count). The number of benzene rings is 1. The lowest BCUT2D eigenvalue weighted by atomic mass is 10.1. The molecule has 0 bridgehead atoms. The lowest BCUT2D eigenvalue weighted by Gasteiger charge is -2.10. The maximum absolute atomic E-state index is 11.0. The van der Waals surface area contributed by atoms with Gasteiger partial charge in [0.15, 0.2) is 17.8 Å². The summed E-state index contributed by atoms with van der Waals surface area (Å²) in [6.45, 7) is 1.31. The first-order valence-corrected chi connectivity index (χ1v) is 6.17. The zero-order valence-corrected chi connectivity index (χ0v) is 10.6. The lowest BCUT2D eigenvalue weighted by Crippen LogP contribution is -1.97. The van der Waals surface area contributed by atoms with E-state index in [1.54, 1.807) is 10.9 Å². The average molecular weight is 258 g/mol. The van der Waals surface area contributed by atoms with Crippen LogP contribution in [-0.4, -0.2) is 29.3 Å². The molecule has 98 valence electrons. The Morgan fingerprint density at radius 2 is 2.05 bits per heavy atom. The van der Waals surface area contributed by atoms with Crippen molar-refractivity contribution in [1.82, 2.24) is 9.78 Å². The minimum atomic E-state index is 0.567. The highest BCUT2D eigenvalue weighted by Gasteiger charge is 2.15. The molecule has 0 aliphatic carbocycles. The van der Waals surface area contributed by atoms with Crippen LogP contribution in [0.15, 0.2) is 24.4 Å². The SMILES string of the molecule is Cn1ncc(C=O)c1-c1ccc2c(c1)OCCCO2. The molecule has 0 atom stereocenters. The number of aryl methyl sites for hydroxylation is 1. The quantitative estimate of drug-likeness (QED) is 0.774. The second-order valence-corrected chi connectivity index (χ2v) is 4.40. The van der Waals surface area contributed by atoms with Gasteiger partial charge in [-0.05, 0) is 18.2 Å².